The molecule has 2 aromatic carbocycles. The number of anilines is 2. The highest BCUT2D eigenvalue weighted by molar-refractivity contribution is 7.22. The van der Waals surface area contributed by atoms with Crippen molar-refractivity contribution in [1.82, 2.24) is 9.88 Å². The molecule has 0 bridgehead atoms. The van der Waals surface area contributed by atoms with Crippen LogP contribution in [0.15, 0.2) is 36.4 Å². The SMILES string of the molecule is CCN(CC)CCN(C(=O)c1ccc(N2C(=O)CCC2=O)cc1)c1nc2c(OC)ccc(OC)c2s1.Cl. The maximum Gasteiger partial charge on any atom is 0.260 e. The molecule has 2 heterocycles. The monoisotopic (exact) mass is 546 g/mol. The fourth-order valence-electron chi connectivity index (χ4n) is 4.23. The molecule has 1 aliphatic rings. The summed E-state index contributed by atoms with van der Waals surface area (Å²) >= 11 is 1.37. The Morgan fingerprint density at radius 3 is 2.11 bits per heavy atom. The van der Waals surface area contributed by atoms with E-state index in [1.165, 1.54) is 16.2 Å². The first-order valence-corrected chi connectivity index (χ1v) is 12.7. The summed E-state index contributed by atoms with van der Waals surface area (Å²) in [6.45, 7) is 7.03. The molecular weight excluding hydrogens is 516 g/mol. The van der Waals surface area contributed by atoms with Gasteiger partial charge in [0.2, 0.25) is 11.8 Å². The van der Waals surface area contributed by atoms with Gasteiger partial charge in [-0.05, 0) is 49.5 Å². The molecule has 1 aromatic heterocycles. The lowest BCUT2D eigenvalue weighted by molar-refractivity contribution is -0.121. The fourth-order valence-corrected chi connectivity index (χ4v) is 5.33. The minimum atomic E-state index is -0.225. The Kier molecular flexibility index (Phi) is 9.47. The van der Waals surface area contributed by atoms with E-state index in [9.17, 15) is 14.4 Å². The number of nitrogens with zero attached hydrogens (tertiary/aromatic N) is 4. The third kappa shape index (κ3) is 5.71. The topological polar surface area (TPSA) is 92.3 Å². The van der Waals surface area contributed by atoms with E-state index in [2.05, 4.69) is 18.7 Å². The molecule has 198 valence electrons. The Balaban J connectivity index is 0.00000380. The quantitative estimate of drug-likeness (QED) is 0.348. The van der Waals surface area contributed by atoms with Gasteiger partial charge in [0.1, 0.15) is 21.7 Å². The summed E-state index contributed by atoms with van der Waals surface area (Å²) in [6, 6.07) is 10.2. The van der Waals surface area contributed by atoms with Gasteiger partial charge in [0, 0.05) is 31.5 Å². The van der Waals surface area contributed by atoms with E-state index >= 15 is 0 Å². The average Bonchev–Trinajstić information content (AvgIpc) is 3.49. The van der Waals surface area contributed by atoms with Crippen molar-refractivity contribution in [2.24, 2.45) is 0 Å². The number of hydrogen-bond acceptors (Lipinski definition) is 8. The van der Waals surface area contributed by atoms with Crippen molar-refractivity contribution >= 4 is 62.5 Å². The molecular formula is C26H31ClN4O5S. The number of halogens is 1. The zero-order valence-electron chi connectivity index (χ0n) is 21.4. The smallest absolute Gasteiger partial charge is 0.260 e. The van der Waals surface area contributed by atoms with Crippen LogP contribution in [-0.2, 0) is 9.59 Å². The molecule has 0 spiro atoms. The van der Waals surface area contributed by atoms with Crippen molar-refractivity contribution in [3.63, 3.8) is 0 Å². The molecule has 9 nitrogen and oxygen atoms in total. The standard InChI is InChI=1S/C26H30N4O5S.ClH/c1-5-28(6-2)15-16-29(26-27-23-19(34-3)11-12-20(35-4)24(23)36-26)25(33)17-7-9-18(10-8-17)30-21(31)13-14-22(30)32;/h7-12H,5-6,13-16H2,1-4H3;1H. The number of carbonyl (C=O) groups is 3. The molecule has 0 atom stereocenters. The summed E-state index contributed by atoms with van der Waals surface area (Å²) in [6.07, 6.45) is 0.423. The largest absolute Gasteiger partial charge is 0.495 e. The predicted molar refractivity (Wildman–Crippen MR) is 148 cm³/mol. The first kappa shape index (κ1) is 28.4. The second-order valence-corrected chi connectivity index (χ2v) is 9.28. The van der Waals surface area contributed by atoms with E-state index in [1.54, 1.807) is 49.5 Å². The number of rotatable bonds is 10. The Bertz CT molecular complexity index is 1220. The van der Waals surface area contributed by atoms with Crippen molar-refractivity contribution in [3.8, 4) is 11.5 Å². The second kappa shape index (κ2) is 12.4. The average molecular weight is 547 g/mol. The molecule has 1 aliphatic heterocycles. The summed E-state index contributed by atoms with van der Waals surface area (Å²) in [5, 5.41) is 0.541. The van der Waals surface area contributed by atoms with Crippen molar-refractivity contribution < 1.29 is 23.9 Å². The van der Waals surface area contributed by atoms with Crippen LogP contribution in [0.2, 0.25) is 0 Å². The van der Waals surface area contributed by atoms with Crippen LogP contribution in [0.4, 0.5) is 10.8 Å². The zero-order chi connectivity index (χ0) is 25.8. The summed E-state index contributed by atoms with van der Waals surface area (Å²) in [5.74, 6) is 0.600. The van der Waals surface area contributed by atoms with Crippen LogP contribution < -0.4 is 19.3 Å². The van der Waals surface area contributed by atoms with E-state index in [0.29, 0.717) is 46.5 Å². The fraction of sp³-hybridized carbons (Fsp3) is 0.385. The molecule has 0 radical (unpaired) electrons. The van der Waals surface area contributed by atoms with Crippen molar-refractivity contribution in [2.45, 2.75) is 26.7 Å². The summed E-state index contributed by atoms with van der Waals surface area (Å²) in [5.41, 5.74) is 1.55. The first-order valence-electron chi connectivity index (χ1n) is 11.9. The highest BCUT2D eigenvalue weighted by atomic mass is 35.5. The number of fused-ring (bicyclic) bond motifs is 1. The number of ether oxygens (including phenoxy) is 2. The predicted octanol–water partition coefficient (Wildman–Crippen LogP) is 4.38. The van der Waals surface area contributed by atoms with E-state index in [-0.39, 0.29) is 43.0 Å². The van der Waals surface area contributed by atoms with Crippen LogP contribution >= 0.6 is 23.7 Å². The number of hydrogen-bond donors (Lipinski definition) is 0. The normalized spacial score (nSPS) is 13.3. The van der Waals surface area contributed by atoms with E-state index in [4.69, 9.17) is 14.5 Å². The van der Waals surface area contributed by atoms with Crippen molar-refractivity contribution in [3.05, 3.63) is 42.0 Å². The molecule has 0 unspecified atom stereocenters. The van der Waals surface area contributed by atoms with Crippen LogP contribution in [0.3, 0.4) is 0 Å². The third-order valence-corrected chi connectivity index (χ3v) is 7.43. The minimum Gasteiger partial charge on any atom is -0.495 e. The van der Waals surface area contributed by atoms with Gasteiger partial charge in [0.15, 0.2) is 5.13 Å². The molecule has 1 saturated heterocycles. The minimum absolute atomic E-state index is 0. The van der Waals surface area contributed by atoms with Crippen LogP contribution in [0.25, 0.3) is 10.2 Å². The Morgan fingerprint density at radius 1 is 0.946 bits per heavy atom. The molecule has 0 saturated carbocycles. The van der Waals surface area contributed by atoms with Crippen molar-refractivity contribution in [1.29, 1.82) is 0 Å². The third-order valence-electron chi connectivity index (χ3n) is 6.33. The Hall–Kier alpha value is -3.21. The molecule has 3 amide bonds. The number of aromatic nitrogens is 1. The molecule has 11 heteroatoms. The van der Waals surface area contributed by atoms with Gasteiger partial charge in [-0.3, -0.25) is 24.2 Å². The molecule has 1 fully saturated rings. The number of carbonyl (C=O) groups excluding carboxylic acids is 3. The lowest BCUT2D eigenvalue weighted by atomic mass is 10.1. The lowest BCUT2D eigenvalue weighted by Gasteiger charge is -2.25. The molecule has 3 aromatic rings. The van der Waals surface area contributed by atoms with Gasteiger partial charge in [0.05, 0.1) is 19.9 Å². The molecule has 0 aliphatic carbocycles. The molecule has 4 rings (SSSR count). The van der Waals surface area contributed by atoms with E-state index < -0.39 is 0 Å². The molecule has 0 N–H and O–H groups in total. The van der Waals surface area contributed by atoms with Crippen LogP contribution in [-0.4, -0.2) is 68.0 Å². The van der Waals surface area contributed by atoms with E-state index in [1.807, 2.05) is 6.07 Å². The van der Waals surface area contributed by atoms with Gasteiger partial charge in [-0.1, -0.05) is 25.2 Å². The van der Waals surface area contributed by atoms with Gasteiger partial charge in [-0.2, -0.15) is 0 Å². The van der Waals surface area contributed by atoms with Gasteiger partial charge < -0.3 is 14.4 Å². The zero-order valence-corrected chi connectivity index (χ0v) is 23.0. The highest BCUT2D eigenvalue weighted by Crippen LogP contribution is 2.40. The maximum absolute atomic E-state index is 13.7. The van der Waals surface area contributed by atoms with Gasteiger partial charge in [0.25, 0.3) is 5.91 Å². The molecule has 37 heavy (non-hydrogen) atoms. The number of imide groups is 1. The lowest BCUT2D eigenvalue weighted by Crippen LogP contribution is -2.39. The number of amides is 3. The Morgan fingerprint density at radius 2 is 1.54 bits per heavy atom. The van der Waals surface area contributed by atoms with Crippen LogP contribution in [0.1, 0.15) is 37.0 Å². The second-order valence-electron chi connectivity index (χ2n) is 8.30. The highest BCUT2D eigenvalue weighted by Gasteiger charge is 2.30. The first-order chi connectivity index (χ1) is 17.4. The van der Waals surface area contributed by atoms with E-state index in [0.717, 1.165) is 17.8 Å². The van der Waals surface area contributed by atoms with Crippen molar-refractivity contribution in [2.75, 3.05) is 50.2 Å². The Labute approximate surface area is 226 Å². The van der Waals surface area contributed by atoms with Crippen LogP contribution in [0, 0.1) is 0 Å². The number of methoxy groups -OCH3 is 2. The van der Waals surface area contributed by atoms with Gasteiger partial charge in [-0.15, -0.1) is 12.4 Å². The van der Waals surface area contributed by atoms with Gasteiger partial charge >= 0.3 is 0 Å². The maximum atomic E-state index is 13.7. The number of benzene rings is 2. The summed E-state index contributed by atoms with van der Waals surface area (Å²) in [7, 11) is 3.18. The summed E-state index contributed by atoms with van der Waals surface area (Å²) in [4.78, 5) is 47.8. The summed E-state index contributed by atoms with van der Waals surface area (Å²) < 4.78 is 11.8. The number of thiazole rings is 1. The number of likely N-dealkylation sites (N-methyl/N-ethyl adjacent to an activating group) is 1. The van der Waals surface area contributed by atoms with Crippen LogP contribution in [0.5, 0.6) is 11.5 Å². The van der Waals surface area contributed by atoms with Gasteiger partial charge in [-0.25, -0.2) is 4.98 Å².